The van der Waals surface area contributed by atoms with Crippen molar-refractivity contribution in [1.82, 2.24) is 9.97 Å². The molecule has 2 heterocycles. The summed E-state index contributed by atoms with van der Waals surface area (Å²) < 4.78 is 16.1. The maximum atomic E-state index is 11.5. The predicted molar refractivity (Wildman–Crippen MR) is 106 cm³/mol. The van der Waals surface area contributed by atoms with E-state index in [4.69, 9.17) is 19.9 Å². The van der Waals surface area contributed by atoms with E-state index in [9.17, 15) is 4.79 Å². The van der Waals surface area contributed by atoms with E-state index in [1.54, 1.807) is 39.7 Å². The van der Waals surface area contributed by atoms with Crippen LogP contribution in [-0.4, -0.2) is 50.3 Å². The Bertz CT molecular complexity index is 820. The predicted octanol–water partition coefficient (Wildman–Crippen LogP) is 1.95. The number of nitrogens with zero attached hydrogens (tertiary/aromatic N) is 3. The van der Waals surface area contributed by atoms with E-state index in [1.807, 2.05) is 6.07 Å². The molecule has 1 aliphatic rings. The normalized spacial score (nSPS) is 16.4. The molecular formula is C19H25N5O4. The highest BCUT2D eigenvalue weighted by Gasteiger charge is 2.25. The molecule has 28 heavy (non-hydrogen) atoms. The first-order chi connectivity index (χ1) is 13.5. The number of hydrogen-bond acceptors (Lipinski definition) is 8. The Morgan fingerprint density at radius 2 is 1.93 bits per heavy atom. The van der Waals surface area contributed by atoms with Crippen molar-refractivity contribution in [3.8, 4) is 17.2 Å². The number of hydrogen-bond donors (Lipinski definition) is 2. The number of carbonyl (C=O) groups excluding carboxylic acids is 1. The second kappa shape index (κ2) is 8.64. The number of carbonyl (C=O) groups is 1. The van der Waals surface area contributed by atoms with Crippen molar-refractivity contribution in [3.63, 3.8) is 0 Å². The Morgan fingerprint density at radius 1 is 1.21 bits per heavy atom. The summed E-state index contributed by atoms with van der Waals surface area (Å²) in [6.45, 7) is 1.39. The number of piperidine rings is 1. The van der Waals surface area contributed by atoms with Gasteiger partial charge < -0.3 is 30.2 Å². The van der Waals surface area contributed by atoms with E-state index in [0.717, 1.165) is 25.2 Å². The average molecular weight is 387 g/mol. The number of ether oxygens (including phenoxy) is 3. The van der Waals surface area contributed by atoms with Gasteiger partial charge in [0, 0.05) is 37.1 Å². The molecule has 9 nitrogen and oxygen atoms in total. The first-order valence-electron chi connectivity index (χ1n) is 9.00. The highest BCUT2D eigenvalue weighted by molar-refractivity contribution is 5.77. The van der Waals surface area contributed by atoms with Crippen molar-refractivity contribution >= 4 is 23.4 Å². The zero-order valence-corrected chi connectivity index (χ0v) is 16.3. The standard InChI is InChI=1S/C19H25N5O4/c1-26-14-9-13(10-15(27-2)17(14)28-3)22-19-21-7-6-16(23-19)24-8-4-5-12(11-24)18(20)25/h6-7,9-10,12H,4-5,8,11H2,1-3H3,(H2,20,25)(H,21,22,23). The minimum absolute atomic E-state index is 0.157. The van der Waals surface area contributed by atoms with E-state index < -0.39 is 0 Å². The van der Waals surface area contributed by atoms with Crippen molar-refractivity contribution in [1.29, 1.82) is 0 Å². The SMILES string of the molecule is COc1cc(Nc2nccc(N3CCCC(C(N)=O)C3)n2)cc(OC)c1OC. The van der Waals surface area contributed by atoms with Crippen molar-refractivity contribution < 1.29 is 19.0 Å². The molecule has 3 N–H and O–H groups in total. The Labute approximate surface area is 163 Å². The van der Waals surface area contributed by atoms with Gasteiger partial charge in [-0.05, 0) is 18.9 Å². The number of amides is 1. The third-order valence-electron chi connectivity index (χ3n) is 4.71. The van der Waals surface area contributed by atoms with Crippen LogP contribution in [0.15, 0.2) is 24.4 Å². The van der Waals surface area contributed by atoms with Crippen molar-refractivity contribution in [2.75, 3.05) is 44.6 Å². The highest BCUT2D eigenvalue weighted by Crippen LogP contribution is 2.40. The number of rotatable bonds is 7. The maximum Gasteiger partial charge on any atom is 0.229 e. The Kier molecular flexibility index (Phi) is 6.03. The maximum absolute atomic E-state index is 11.5. The molecule has 1 unspecified atom stereocenters. The second-order valence-electron chi connectivity index (χ2n) is 6.46. The summed E-state index contributed by atoms with van der Waals surface area (Å²) in [5, 5.41) is 3.16. The van der Waals surface area contributed by atoms with Gasteiger partial charge in [-0.15, -0.1) is 0 Å². The molecule has 0 aliphatic carbocycles. The average Bonchev–Trinajstić information content (AvgIpc) is 2.73. The Hall–Kier alpha value is -3.23. The zero-order chi connectivity index (χ0) is 20.1. The van der Waals surface area contributed by atoms with Gasteiger partial charge >= 0.3 is 0 Å². The molecule has 0 saturated carbocycles. The van der Waals surface area contributed by atoms with Gasteiger partial charge in [-0.25, -0.2) is 4.98 Å². The van der Waals surface area contributed by atoms with Gasteiger partial charge in [-0.3, -0.25) is 4.79 Å². The summed E-state index contributed by atoms with van der Waals surface area (Å²) in [4.78, 5) is 22.4. The summed E-state index contributed by atoms with van der Waals surface area (Å²) in [6.07, 6.45) is 3.39. The van der Waals surface area contributed by atoms with Gasteiger partial charge in [-0.1, -0.05) is 0 Å². The molecule has 1 amide bonds. The van der Waals surface area contributed by atoms with E-state index >= 15 is 0 Å². The molecule has 1 aliphatic heterocycles. The lowest BCUT2D eigenvalue weighted by Gasteiger charge is -2.32. The fourth-order valence-electron chi connectivity index (χ4n) is 3.29. The largest absolute Gasteiger partial charge is 0.493 e. The molecule has 0 spiro atoms. The van der Waals surface area contributed by atoms with Crippen LogP contribution in [0.25, 0.3) is 0 Å². The first-order valence-corrected chi connectivity index (χ1v) is 9.00. The van der Waals surface area contributed by atoms with Crippen molar-refractivity contribution in [2.24, 2.45) is 11.7 Å². The fraction of sp³-hybridized carbons (Fsp3) is 0.421. The van der Waals surface area contributed by atoms with Gasteiger partial charge in [0.1, 0.15) is 5.82 Å². The van der Waals surface area contributed by atoms with Gasteiger partial charge in [0.15, 0.2) is 11.5 Å². The monoisotopic (exact) mass is 387 g/mol. The topological polar surface area (TPSA) is 112 Å². The van der Waals surface area contributed by atoms with E-state index in [1.165, 1.54) is 0 Å². The van der Waals surface area contributed by atoms with E-state index in [2.05, 4.69) is 20.2 Å². The van der Waals surface area contributed by atoms with Crippen molar-refractivity contribution in [3.05, 3.63) is 24.4 Å². The smallest absolute Gasteiger partial charge is 0.229 e. The Balaban J connectivity index is 1.82. The highest BCUT2D eigenvalue weighted by atomic mass is 16.5. The molecule has 9 heteroatoms. The molecule has 1 aromatic heterocycles. The number of anilines is 3. The third-order valence-corrected chi connectivity index (χ3v) is 4.71. The number of benzene rings is 1. The lowest BCUT2D eigenvalue weighted by atomic mass is 9.97. The molecule has 1 atom stereocenters. The number of nitrogens with one attached hydrogen (secondary N) is 1. The molecule has 0 bridgehead atoms. The van der Waals surface area contributed by atoms with Gasteiger partial charge in [0.05, 0.1) is 27.2 Å². The molecule has 3 rings (SSSR count). The third kappa shape index (κ3) is 4.19. The van der Waals surface area contributed by atoms with Crippen LogP contribution in [0.4, 0.5) is 17.5 Å². The summed E-state index contributed by atoms with van der Waals surface area (Å²) in [6, 6.07) is 5.38. The minimum atomic E-state index is -0.269. The molecule has 1 aromatic carbocycles. The van der Waals surface area contributed by atoms with Crippen LogP contribution in [0.1, 0.15) is 12.8 Å². The quantitative estimate of drug-likeness (QED) is 0.741. The van der Waals surface area contributed by atoms with E-state index in [-0.39, 0.29) is 11.8 Å². The molecule has 0 radical (unpaired) electrons. The minimum Gasteiger partial charge on any atom is -0.493 e. The van der Waals surface area contributed by atoms with Crippen LogP contribution in [0.5, 0.6) is 17.2 Å². The summed E-state index contributed by atoms with van der Waals surface area (Å²) in [7, 11) is 4.67. The molecule has 1 fully saturated rings. The fourth-order valence-corrected chi connectivity index (χ4v) is 3.29. The van der Waals surface area contributed by atoms with Gasteiger partial charge in [0.2, 0.25) is 17.6 Å². The first kappa shape index (κ1) is 19.5. The lowest BCUT2D eigenvalue weighted by molar-refractivity contribution is -0.122. The van der Waals surface area contributed by atoms with Crippen LogP contribution in [0.2, 0.25) is 0 Å². The van der Waals surface area contributed by atoms with Crippen LogP contribution < -0.4 is 30.2 Å². The Morgan fingerprint density at radius 3 is 2.54 bits per heavy atom. The molecule has 2 aromatic rings. The van der Waals surface area contributed by atoms with Gasteiger partial charge in [0.25, 0.3) is 0 Å². The van der Waals surface area contributed by atoms with Crippen LogP contribution in [-0.2, 0) is 4.79 Å². The number of aromatic nitrogens is 2. The van der Waals surface area contributed by atoms with Crippen LogP contribution in [0.3, 0.4) is 0 Å². The van der Waals surface area contributed by atoms with Crippen LogP contribution >= 0.6 is 0 Å². The lowest BCUT2D eigenvalue weighted by Crippen LogP contribution is -2.41. The van der Waals surface area contributed by atoms with Gasteiger partial charge in [-0.2, -0.15) is 4.98 Å². The zero-order valence-electron chi connectivity index (χ0n) is 16.3. The number of methoxy groups -OCH3 is 3. The van der Waals surface area contributed by atoms with Crippen molar-refractivity contribution in [2.45, 2.75) is 12.8 Å². The molecule has 150 valence electrons. The summed E-state index contributed by atoms with van der Waals surface area (Å²) in [5.74, 6) is 2.31. The van der Waals surface area contributed by atoms with Crippen LogP contribution in [0, 0.1) is 5.92 Å². The number of nitrogens with two attached hydrogens (primary N) is 1. The molecular weight excluding hydrogens is 362 g/mol. The summed E-state index contributed by atoms with van der Waals surface area (Å²) >= 11 is 0. The van der Waals surface area contributed by atoms with E-state index in [0.29, 0.717) is 35.4 Å². The summed E-state index contributed by atoms with van der Waals surface area (Å²) in [5.41, 5.74) is 6.17. The molecule has 1 saturated heterocycles. The second-order valence-corrected chi connectivity index (χ2v) is 6.46. The number of primary amides is 1.